The van der Waals surface area contributed by atoms with Crippen molar-refractivity contribution in [3.8, 4) is 0 Å². The van der Waals surface area contributed by atoms with Crippen LogP contribution in [0.15, 0.2) is 38.8 Å². The van der Waals surface area contributed by atoms with Crippen molar-refractivity contribution in [1.82, 2.24) is 9.13 Å². The fourth-order valence-electron chi connectivity index (χ4n) is 4.54. The zero-order valence-corrected chi connectivity index (χ0v) is 21.2. The lowest BCUT2D eigenvalue weighted by atomic mass is 9.80. The number of carbonyl (C=O) groups is 2. The maximum Gasteiger partial charge on any atom is 0.332 e. The van der Waals surface area contributed by atoms with Crippen molar-refractivity contribution in [3.05, 3.63) is 61.3 Å². The van der Waals surface area contributed by atoms with Gasteiger partial charge in [-0.15, -0.1) is 0 Å². The number of hydrogen-bond donors (Lipinski definition) is 1. The summed E-state index contributed by atoms with van der Waals surface area (Å²) in [5.74, 6) is -0.796. The van der Waals surface area contributed by atoms with Crippen molar-refractivity contribution in [2.24, 2.45) is 23.9 Å². The van der Waals surface area contributed by atoms with Crippen molar-refractivity contribution in [3.63, 3.8) is 0 Å². The highest BCUT2D eigenvalue weighted by atomic mass is 35.5. The molecule has 2 unspecified atom stereocenters. The second kappa shape index (κ2) is 11.7. The zero-order chi connectivity index (χ0) is 25.7. The molecule has 1 heterocycles. The first kappa shape index (κ1) is 26.8. The zero-order valence-electron chi connectivity index (χ0n) is 20.4. The third-order valence-corrected chi connectivity index (χ3v) is 6.78. The van der Waals surface area contributed by atoms with Crippen molar-refractivity contribution < 1.29 is 14.7 Å². The van der Waals surface area contributed by atoms with Crippen molar-refractivity contribution in [2.45, 2.75) is 58.9 Å². The van der Waals surface area contributed by atoms with Gasteiger partial charge in [0.15, 0.2) is 5.78 Å². The van der Waals surface area contributed by atoms with E-state index in [4.69, 9.17) is 16.7 Å². The van der Waals surface area contributed by atoms with E-state index in [0.29, 0.717) is 30.7 Å². The van der Waals surface area contributed by atoms with E-state index in [1.165, 1.54) is 11.6 Å². The average molecular weight is 502 g/mol. The summed E-state index contributed by atoms with van der Waals surface area (Å²) in [5, 5.41) is 9.72. The summed E-state index contributed by atoms with van der Waals surface area (Å²) in [6.45, 7) is 3.41. The molecule has 0 amide bonds. The number of ketones is 2. The number of rotatable bonds is 9. The van der Waals surface area contributed by atoms with Crippen LogP contribution in [0.25, 0.3) is 0 Å². The molecule has 1 aliphatic carbocycles. The Morgan fingerprint density at radius 2 is 1.91 bits per heavy atom. The Morgan fingerprint density at radius 3 is 2.54 bits per heavy atom. The molecule has 1 saturated carbocycles. The predicted molar refractivity (Wildman–Crippen MR) is 136 cm³/mol. The number of aliphatic hydroxyl groups is 1. The summed E-state index contributed by atoms with van der Waals surface area (Å²) >= 11 is 6.01. The van der Waals surface area contributed by atoms with Crippen LogP contribution < -0.4 is 11.2 Å². The molecule has 0 spiro atoms. The minimum absolute atomic E-state index is 0.0642. The number of carbonyl (C=O) groups excluding carboxylic acids is 2. The molecule has 3 rings (SSSR count). The molecule has 0 aliphatic heterocycles. The molecule has 9 heteroatoms. The summed E-state index contributed by atoms with van der Waals surface area (Å²) in [6, 6.07) is 7.33. The molecule has 8 nitrogen and oxygen atoms in total. The Balaban J connectivity index is 2.09. The largest absolute Gasteiger partial charge is 0.396 e. The second-order valence-corrected chi connectivity index (χ2v) is 9.69. The van der Waals surface area contributed by atoms with E-state index >= 15 is 0 Å². The second-order valence-electron chi connectivity index (χ2n) is 9.25. The number of aromatic nitrogens is 2. The van der Waals surface area contributed by atoms with Gasteiger partial charge >= 0.3 is 5.69 Å². The predicted octanol–water partition coefficient (Wildman–Crippen LogP) is 3.17. The van der Waals surface area contributed by atoms with Gasteiger partial charge in [0.25, 0.3) is 5.56 Å². The molecule has 2 aromatic rings. The number of Topliss-reactive ketones (excluding diaryl/α,β-unsaturated/α-hetero) is 2. The van der Waals surface area contributed by atoms with Crippen molar-refractivity contribution >= 4 is 34.7 Å². The maximum absolute atomic E-state index is 13.6. The molecule has 1 N–H and O–H groups in total. The van der Waals surface area contributed by atoms with Crippen LogP contribution in [0.4, 0.5) is 5.82 Å². The molecule has 35 heavy (non-hydrogen) atoms. The van der Waals surface area contributed by atoms with E-state index in [1.807, 2.05) is 19.1 Å². The van der Waals surface area contributed by atoms with Crippen LogP contribution in [0.3, 0.4) is 0 Å². The van der Waals surface area contributed by atoms with Gasteiger partial charge in [0, 0.05) is 49.9 Å². The third-order valence-electron chi connectivity index (χ3n) is 6.53. The Kier molecular flexibility index (Phi) is 8.97. The SMILES string of the molecule is Cc1c(N=C(C(=O)C2CCCC(=O)C2)C(C)Cc2ccc(Cl)cc2)n(C)c(=O)n(CCCO)c1=O. The number of halogens is 1. The monoisotopic (exact) mass is 501 g/mol. The summed E-state index contributed by atoms with van der Waals surface area (Å²) in [5.41, 5.74) is 0.411. The van der Waals surface area contributed by atoms with Gasteiger partial charge in [0.05, 0.1) is 11.3 Å². The molecule has 188 valence electrons. The molecule has 1 aliphatic rings. The highest BCUT2D eigenvalue weighted by Crippen LogP contribution is 2.26. The van der Waals surface area contributed by atoms with Crippen LogP contribution in [0.2, 0.25) is 5.02 Å². The first-order chi connectivity index (χ1) is 16.6. The quantitative estimate of drug-likeness (QED) is 0.530. The van der Waals surface area contributed by atoms with Gasteiger partial charge in [-0.1, -0.05) is 30.7 Å². The van der Waals surface area contributed by atoms with Gasteiger partial charge in [-0.25, -0.2) is 9.79 Å². The summed E-state index contributed by atoms with van der Waals surface area (Å²) in [4.78, 5) is 56.1. The molecule has 1 aromatic carbocycles. The van der Waals surface area contributed by atoms with Gasteiger partial charge in [-0.2, -0.15) is 0 Å². The lowest BCUT2D eigenvalue weighted by Crippen LogP contribution is -2.40. The summed E-state index contributed by atoms with van der Waals surface area (Å²) in [7, 11) is 1.51. The first-order valence-electron chi connectivity index (χ1n) is 11.9. The van der Waals surface area contributed by atoms with Gasteiger partial charge in [-0.3, -0.25) is 23.5 Å². The maximum atomic E-state index is 13.6. The summed E-state index contributed by atoms with van der Waals surface area (Å²) < 4.78 is 2.34. The lowest BCUT2D eigenvalue weighted by Gasteiger charge is -2.23. The van der Waals surface area contributed by atoms with E-state index in [9.17, 15) is 19.2 Å². The van der Waals surface area contributed by atoms with Crippen LogP contribution in [-0.2, 0) is 29.6 Å². The number of aliphatic imine (C=N–C) groups is 1. The van der Waals surface area contributed by atoms with Gasteiger partial charge in [0.2, 0.25) is 0 Å². The molecular weight excluding hydrogens is 470 g/mol. The highest BCUT2D eigenvalue weighted by molar-refractivity contribution is 6.42. The molecular formula is C26H32ClN3O5. The Morgan fingerprint density at radius 1 is 1.23 bits per heavy atom. The Labute approximate surface area is 209 Å². The fourth-order valence-corrected chi connectivity index (χ4v) is 4.67. The normalized spacial score (nSPS) is 17.5. The van der Waals surface area contributed by atoms with Crippen molar-refractivity contribution in [2.75, 3.05) is 6.61 Å². The van der Waals surface area contributed by atoms with E-state index in [1.54, 1.807) is 19.1 Å². The van der Waals surface area contributed by atoms with Gasteiger partial charge in [0.1, 0.15) is 11.6 Å². The number of aliphatic hydroxyl groups excluding tert-OH is 1. The van der Waals surface area contributed by atoms with E-state index < -0.39 is 17.2 Å². The van der Waals surface area contributed by atoms with Crippen LogP contribution in [-0.4, -0.2) is 38.1 Å². The van der Waals surface area contributed by atoms with Gasteiger partial charge in [-0.05, 0) is 50.3 Å². The molecule has 1 fully saturated rings. The summed E-state index contributed by atoms with van der Waals surface area (Å²) in [6.07, 6.45) is 2.71. The average Bonchev–Trinajstić information content (AvgIpc) is 2.84. The number of nitrogens with zero attached hydrogens (tertiary/aromatic N) is 3. The molecule has 0 saturated heterocycles. The lowest BCUT2D eigenvalue weighted by molar-refractivity contribution is -0.126. The van der Waals surface area contributed by atoms with Crippen LogP contribution >= 0.6 is 11.6 Å². The molecule has 2 atom stereocenters. The minimum Gasteiger partial charge on any atom is -0.396 e. The van der Waals surface area contributed by atoms with Crippen LogP contribution in [0.5, 0.6) is 0 Å². The minimum atomic E-state index is -0.558. The standard InChI is InChI=1S/C26H32ClN3O5/c1-16(14-18-8-10-20(27)11-9-18)22(23(33)19-6-4-7-21(32)15-19)28-24-17(2)25(34)30(12-5-13-31)26(35)29(24)3/h8-11,16,19,31H,4-7,12-15H2,1-3H3. The topological polar surface area (TPSA) is 111 Å². The van der Waals surface area contributed by atoms with Crippen LogP contribution in [0, 0.1) is 18.8 Å². The van der Waals surface area contributed by atoms with Crippen molar-refractivity contribution in [1.29, 1.82) is 0 Å². The van der Waals surface area contributed by atoms with E-state index in [0.717, 1.165) is 10.1 Å². The molecule has 0 radical (unpaired) electrons. The van der Waals surface area contributed by atoms with E-state index in [2.05, 4.69) is 4.99 Å². The number of hydrogen-bond acceptors (Lipinski definition) is 6. The highest BCUT2D eigenvalue weighted by Gasteiger charge is 2.31. The smallest absolute Gasteiger partial charge is 0.332 e. The Hall–Kier alpha value is -2.84. The van der Waals surface area contributed by atoms with E-state index in [-0.39, 0.29) is 60.6 Å². The molecule has 1 aromatic heterocycles. The Bertz CT molecular complexity index is 1210. The van der Waals surface area contributed by atoms with Crippen LogP contribution in [0.1, 0.15) is 50.2 Å². The first-order valence-corrected chi connectivity index (χ1v) is 12.3. The third kappa shape index (κ3) is 6.24. The number of benzene rings is 1. The molecule has 0 bridgehead atoms. The fraction of sp³-hybridized carbons (Fsp3) is 0.500. The van der Waals surface area contributed by atoms with Gasteiger partial charge < -0.3 is 5.11 Å².